The topological polar surface area (TPSA) is 75.6 Å². The maximum absolute atomic E-state index is 13.7. The molecule has 5 rings (SSSR count). The highest BCUT2D eigenvalue weighted by Crippen LogP contribution is 2.42. The number of benzene rings is 1. The van der Waals surface area contributed by atoms with Crippen LogP contribution in [0.3, 0.4) is 0 Å². The lowest BCUT2D eigenvalue weighted by Crippen LogP contribution is -2.37. The second kappa shape index (κ2) is 6.54. The SMILES string of the molecule is CC1(C)Cc2c(cnn2-c2cccc(F)c2)C(NC(=O)c2cc(C3CC3)[nH]n2)C1. The molecule has 1 saturated carbocycles. The molecule has 0 radical (unpaired) electrons. The van der Waals surface area contributed by atoms with E-state index in [4.69, 9.17) is 0 Å². The average Bonchev–Trinajstić information content (AvgIpc) is 3.23. The summed E-state index contributed by atoms with van der Waals surface area (Å²) in [6, 6.07) is 8.12. The van der Waals surface area contributed by atoms with Gasteiger partial charge in [-0.25, -0.2) is 9.07 Å². The Morgan fingerprint density at radius 3 is 2.90 bits per heavy atom. The number of aromatic nitrogens is 4. The van der Waals surface area contributed by atoms with Gasteiger partial charge in [-0.05, 0) is 55.4 Å². The summed E-state index contributed by atoms with van der Waals surface area (Å²) >= 11 is 0. The van der Waals surface area contributed by atoms with Gasteiger partial charge in [-0.15, -0.1) is 0 Å². The van der Waals surface area contributed by atoms with E-state index in [0.29, 0.717) is 17.3 Å². The minimum Gasteiger partial charge on any atom is -0.344 e. The molecule has 1 unspecified atom stereocenters. The van der Waals surface area contributed by atoms with E-state index in [1.165, 1.54) is 12.1 Å². The highest BCUT2D eigenvalue weighted by atomic mass is 19.1. The Morgan fingerprint density at radius 1 is 1.31 bits per heavy atom. The van der Waals surface area contributed by atoms with Crippen LogP contribution in [0.5, 0.6) is 0 Å². The molecule has 29 heavy (non-hydrogen) atoms. The third-order valence-corrected chi connectivity index (χ3v) is 5.88. The normalized spacial score (nSPS) is 20.3. The van der Waals surface area contributed by atoms with Gasteiger partial charge in [0.1, 0.15) is 11.5 Å². The lowest BCUT2D eigenvalue weighted by atomic mass is 9.74. The van der Waals surface area contributed by atoms with Crippen molar-refractivity contribution < 1.29 is 9.18 Å². The Labute approximate surface area is 168 Å². The van der Waals surface area contributed by atoms with Crippen molar-refractivity contribution in [2.24, 2.45) is 5.41 Å². The zero-order valence-corrected chi connectivity index (χ0v) is 16.6. The fourth-order valence-electron chi connectivity index (χ4n) is 4.29. The molecule has 2 aromatic heterocycles. The van der Waals surface area contributed by atoms with Gasteiger partial charge in [0.05, 0.1) is 23.6 Å². The summed E-state index contributed by atoms with van der Waals surface area (Å²) in [5.41, 5.74) is 4.13. The van der Waals surface area contributed by atoms with Crippen molar-refractivity contribution in [1.29, 1.82) is 0 Å². The van der Waals surface area contributed by atoms with Crippen molar-refractivity contribution in [2.75, 3.05) is 0 Å². The second-order valence-electron chi connectivity index (χ2n) is 8.99. The molecule has 1 atom stereocenters. The molecule has 2 aliphatic carbocycles. The number of hydrogen-bond acceptors (Lipinski definition) is 3. The molecule has 3 aromatic rings. The van der Waals surface area contributed by atoms with E-state index in [-0.39, 0.29) is 23.2 Å². The Bertz CT molecular complexity index is 1080. The van der Waals surface area contributed by atoms with Gasteiger partial charge in [0.15, 0.2) is 0 Å². The van der Waals surface area contributed by atoms with E-state index < -0.39 is 0 Å². The van der Waals surface area contributed by atoms with Gasteiger partial charge >= 0.3 is 0 Å². The van der Waals surface area contributed by atoms with Crippen LogP contribution < -0.4 is 5.32 Å². The summed E-state index contributed by atoms with van der Waals surface area (Å²) in [4.78, 5) is 12.8. The van der Waals surface area contributed by atoms with E-state index in [2.05, 4.69) is 34.5 Å². The third kappa shape index (κ3) is 3.45. The highest BCUT2D eigenvalue weighted by Gasteiger charge is 2.36. The van der Waals surface area contributed by atoms with Crippen LogP contribution in [0.2, 0.25) is 0 Å². The number of aromatic amines is 1. The first-order chi connectivity index (χ1) is 13.9. The van der Waals surface area contributed by atoms with Crippen LogP contribution in [0, 0.1) is 11.2 Å². The first kappa shape index (κ1) is 18.1. The number of carbonyl (C=O) groups is 1. The number of amides is 1. The lowest BCUT2D eigenvalue weighted by molar-refractivity contribution is 0.0914. The molecular weight excluding hydrogens is 369 g/mol. The van der Waals surface area contributed by atoms with Gasteiger partial charge in [0.25, 0.3) is 5.91 Å². The van der Waals surface area contributed by atoms with Crippen LogP contribution in [0.25, 0.3) is 5.69 Å². The first-order valence-electron chi connectivity index (χ1n) is 10.1. The molecule has 150 valence electrons. The number of H-pyrrole nitrogens is 1. The molecule has 6 nitrogen and oxygen atoms in total. The quantitative estimate of drug-likeness (QED) is 0.702. The molecule has 0 bridgehead atoms. The van der Waals surface area contributed by atoms with Crippen molar-refractivity contribution in [3.05, 3.63) is 65.0 Å². The van der Waals surface area contributed by atoms with Gasteiger partial charge in [0, 0.05) is 17.2 Å². The van der Waals surface area contributed by atoms with Crippen molar-refractivity contribution in [2.45, 2.75) is 51.5 Å². The average molecular weight is 393 g/mol. The number of fused-ring (bicyclic) bond motifs is 1. The Balaban J connectivity index is 1.45. The molecular formula is C22H24FN5O. The molecule has 0 saturated heterocycles. The first-order valence-corrected chi connectivity index (χ1v) is 10.1. The lowest BCUT2D eigenvalue weighted by Gasteiger charge is -2.35. The predicted molar refractivity (Wildman–Crippen MR) is 106 cm³/mol. The van der Waals surface area contributed by atoms with Gasteiger partial charge < -0.3 is 5.32 Å². The summed E-state index contributed by atoms with van der Waals surface area (Å²) in [6.07, 6.45) is 5.71. The van der Waals surface area contributed by atoms with Crippen LogP contribution in [0.15, 0.2) is 36.5 Å². The number of nitrogens with one attached hydrogen (secondary N) is 2. The van der Waals surface area contributed by atoms with Gasteiger partial charge in [-0.3, -0.25) is 9.89 Å². The molecule has 2 N–H and O–H groups in total. The standard InChI is InChI=1S/C22H24FN5O/c1-22(2)10-19(25-21(29)18-9-17(26-27-18)13-6-7-13)16-12-24-28(20(16)11-22)15-5-3-4-14(23)8-15/h3-5,8-9,12-13,19H,6-7,10-11H2,1-2H3,(H,25,29)(H,26,27). The Kier molecular flexibility index (Phi) is 4.08. The zero-order valence-electron chi connectivity index (χ0n) is 16.6. The van der Waals surface area contributed by atoms with E-state index >= 15 is 0 Å². The van der Waals surface area contributed by atoms with Crippen molar-refractivity contribution in [1.82, 2.24) is 25.3 Å². The van der Waals surface area contributed by atoms with E-state index in [9.17, 15) is 9.18 Å². The van der Waals surface area contributed by atoms with Crippen LogP contribution in [-0.2, 0) is 6.42 Å². The zero-order chi connectivity index (χ0) is 20.2. The third-order valence-electron chi connectivity index (χ3n) is 5.88. The second-order valence-corrected chi connectivity index (χ2v) is 8.99. The van der Waals surface area contributed by atoms with Crippen LogP contribution >= 0.6 is 0 Å². The van der Waals surface area contributed by atoms with Crippen molar-refractivity contribution >= 4 is 5.91 Å². The van der Waals surface area contributed by atoms with E-state index in [0.717, 1.165) is 42.6 Å². The largest absolute Gasteiger partial charge is 0.344 e. The van der Waals surface area contributed by atoms with Crippen LogP contribution in [0.4, 0.5) is 4.39 Å². The summed E-state index contributed by atoms with van der Waals surface area (Å²) in [7, 11) is 0. The van der Waals surface area contributed by atoms with E-state index in [1.54, 1.807) is 16.9 Å². The van der Waals surface area contributed by atoms with Crippen LogP contribution in [-0.4, -0.2) is 25.9 Å². The Hall–Kier alpha value is -2.96. The summed E-state index contributed by atoms with van der Waals surface area (Å²) in [5, 5.41) is 14.9. The fraction of sp³-hybridized carbons (Fsp3) is 0.409. The predicted octanol–water partition coefficient (Wildman–Crippen LogP) is 4.06. The molecule has 7 heteroatoms. The van der Waals surface area contributed by atoms with Gasteiger partial charge in [-0.1, -0.05) is 19.9 Å². The molecule has 0 spiro atoms. The van der Waals surface area contributed by atoms with Gasteiger partial charge in [-0.2, -0.15) is 10.2 Å². The number of hydrogen-bond donors (Lipinski definition) is 2. The van der Waals surface area contributed by atoms with Crippen molar-refractivity contribution in [3.63, 3.8) is 0 Å². The summed E-state index contributed by atoms with van der Waals surface area (Å²) in [5.74, 6) is 0.0470. The number of carbonyl (C=O) groups excluding carboxylic acids is 1. The minimum absolute atomic E-state index is 0.0270. The molecule has 0 aliphatic heterocycles. The highest BCUT2D eigenvalue weighted by molar-refractivity contribution is 5.92. The Morgan fingerprint density at radius 2 is 2.14 bits per heavy atom. The minimum atomic E-state index is -0.295. The maximum Gasteiger partial charge on any atom is 0.272 e. The molecule has 2 aliphatic rings. The number of halogens is 1. The van der Waals surface area contributed by atoms with E-state index in [1.807, 2.05) is 12.1 Å². The molecule has 2 heterocycles. The van der Waals surface area contributed by atoms with Crippen molar-refractivity contribution in [3.8, 4) is 5.69 Å². The smallest absolute Gasteiger partial charge is 0.272 e. The number of rotatable bonds is 4. The maximum atomic E-state index is 13.7. The summed E-state index contributed by atoms with van der Waals surface area (Å²) in [6.45, 7) is 4.36. The fourth-order valence-corrected chi connectivity index (χ4v) is 4.29. The number of nitrogens with zero attached hydrogens (tertiary/aromatic N) is 3. The molecule has 1 aromatic carbocycles. The monoisotopic (exact) mass is 393 g/mol. The molecule has 1 fully saturated rings. The molecule has 1 amide bonds. The van der Waals surface area contributed by atoms with Gasteiger partial charge in [0.2, 0.25) is 0 Å². The summed E-state index contributed by atoms with van der Waals surface area (Å²) < 4.78 is 15.5. The van der Waals surface area contributed by atoms with Crippen LogP contribution in [0.1, 0.15) is 72.5 Å².